The summed E-state index contributed by atoms with van der Waals surface area (Å²) in [6.07, 6.45) is 9.89. The Morgan fingerprint density at radius 3 is 3.00 bits per heavy atom. The van der Waals surface area contributed by atoms with Crippen LogP contribution in [0.5, 0.6) is 0 Å². The minimum absolute atomic E-state index is 1.05. The Labute approximate surface area is 90.2 Å². The average Bonchev–Trinajstić information content (AvgIpc) is 2.67. The van der Waals surface area contributed by atoms with Crippen LogP contribution in [0.4, 0.5) is 0 Å². The number of nitrogens with zero attached hydrogens (tertiary/aromatic N) is 2. The molecule has 0 bridgehead atoms. The molecular formula is C13H16N2. The van der Waals surface area contributed by atoms with Crippen LogP contribution < -0.4 is 0 Å². The maximum atomic E-state index is 4.44. The summed E-state index contributed by atoms with van der Waals surface area (Å²) in [4.78, 5) is 0. The Hall–Kier alpha value is -1.57. The van der Waals surface area contributed by atoms with Crippen molar-refractivity contribution in [1.29, 1.82) is 0 Å². The van der Waals surface area contributed by atoms with E-state index in [1.165, 1.54) is 18.2 Å². The Bertz CT molecular complexity index is 421. The van der Waals surface area contributed by atoms with Crippen LogP contribution in [0.25, 0.3) is 17.1 Å². The predicted molar refractivity (Wildman–Crippen MR) is 64.6 cm³/mol. The summed E-state index contributed by atoms with van der Waals surface area (Å²) >= 11 is 0. The molecule has 2 nitrogen and oxygen atoms in total. The normalized spacial score (nSPS) is 11.5. The predicted octanol–water partition coefficient (Wildman–Crippen LogP) is 3.70. The van der Waals surface area contributed by atoms with Crippen LogP contribution in [-0.4, -0.2) is 9.78 Å². The van der Waals surface area contributed by atoms with Gasteiger partial charge in [-0.2, -0.15) is 5.10 Å². The van der Waals surface area contributed by atoms with Gasteiger partial charge in [0.25, 0.3) is 0 Å². The van der Waals surface area contributed by atoms with Gasteiger partial charge in [0.2, 0.25) is 0 Å². The third-order valence-corrected chi connectivity index (χ3v) is 2.41. The van der Waals surface area contributed by atoms with Crippen molar-refractivity contribution in [2.45, 2.75) is 26.2 Å². The van der Waals surface area contributed by atoms with E-state index in [4.69, 9.17) is 0 Å². The number of hydrogen-bond donors (Lipinski definition) is 0. The first-order valence-electron chi connectivity index (χ1n) is 5.50. The summed E-state index contributed by atoms with van der Waals surface area (Å²) < 4.78 is 1.89. The summed E-state index contributed by atoms with van der Waals surface area (Å²) in [6, 6.07) is 8.17. The van der Waals surface area contributed by atoms with E-state index in [0.29, 0.717) is 0 Å². The Balaban J connectivity index is 2.12. The Kier molecular flexibility index (Phi) is 3.18. The lowest BCUT2D eigenvalue weighted by Crippen LogP contribution is -1.84. The van der Waals surface area contributed by atoms with Gasteiger partial charge in [0.15, 0.2) is 0 Å². The molecular weight excluding hydrogens is 184 g/mol. The van der Waals surface area contributed by atoms with Crippen molar-refractivity contribution in [3.63, 3.8) is 0 Å². The molecule has 0 aliphatic carbocycles. The van der Waals surface area contributed by atoms with Crippen LogP contribution in [0, 0.1) is 0 Å². The van der Waals surface area contributed by atoms with Gasteiger partial charge in [-0.25, -0.2) is 4.68 Å². The molecule has 0 fully saturated rings. The van der Waals surface area contributed by atoms with Gasteiger partial charge >= 0.3 is 0 Å². The minimum atomic E-state index is 1.05. The number of unbranched alkanes of at least 4 members (excludes halogenated alkanes) is 2. The van der Waals surface area contributed by atoms with Gasteiger partial charge in [-0.1, -0.05) is 44.0 Å². The molecule has 0 N–H and O–H groups in total. The fourth-order valence-electron chi connectivity index (χ4n) is 1.56. The quantitative estimate of drug-likeness (QED) is 0.688. The molecule has 2 aromatic rings. The molecule has 0 radical (unpaired) electrons. The number of rotatable bonds is 4. The van der Waals surface area contributed by atoms with E-state index >= 15 is 0 Å². The number of hydrogen-bond acceptors (Lipinski definition) is 1. The zero-order valence-electron chi connectivity index (χ0n) is 9.06. The summed E-state index contributed by atoms with van der Waals surface area (Å²) in [6.45, 7) is 2.20. The summed E-state index contributed by atoms with van der Waals surface area (Å²) in [7, 11) is 0. The van der Waals surface area contributed by atoms with Crippen LogP contribution in [-0.2, 0) is 0 Å². The maximum absolute atomic E-state index is 4.44. The lowest BCUT2D eigenvalue weighted by atomic mass is 10.2. The van der Waals surface area contributed by atoms with Crippen LogP contribution in [0.1, 0.15) is 26.2 Å². The number of aromatic nitrogens is 2. The lowest BCUT2D eigenvalue weighted by molar-refractivity contribution is 0.812. The second kappa shape index (κ2) is 4.78. The fourth-order valence-corrected chi connectivity index (χ4v) is 1.56. The van der Waals surface area contributed by atoms with Crippen LogP contribution >= 0.6 is 0 Å². The molecule has 1 aromatic carbocycles. The SMILES string of the molecule is CCCC/C=C/n1cc2ccccc2n1. The molecule has 1 aromatic heterocycles. The molecule has 2 rings (SSSR count). The van der Waals surface area contributed by atoms with E-state index in [9.17, 15) is 0 Å². The molecule has 1 heterocycles. The van der Waals surface area contributed by atoms with Crippen molar-refractivity contribution in [3.05, 3.63) is 36.5 Å². The first-order chi connectivity index (χ1) is 7.40. The van der Waals surface area contributed by atoms with Gasteiger partial charge < -0.3 is 0 Å². The Morgan fingerprint density at radius 2 is 2.20 bits per heavy atom. The number of fused-ring (bicyclic) bond motifs is 1. The van der Waals surface area contributed by atoms with Crippen molar-refractivity contribution >= 4 is 17.1 Å². The maximum Gasteiger partial charge on any atom is 0.0927 e. The highest BCUT2D eigenvalue weighted by molar-refractivity contribution is 5.78. The smallest absolute Gasteiger partial charge is 0.0927 e. The molecule has 2 heteroatoms. The molecule has 0 aliphatic heterocycles. The second-order valence-electron chi connectivity index (χ2n) is 3.69. The molecule has 0 saturated heterocycles. The molecule has 15 heavy (non-hydrogen) atoms. The van der Waals surface area contributed by atoms with Crippen molar-refractivity contribution < 1.29 is 0 Å². The molecule has 0 atom stereocenters. The highest BCUT2D eigenvalue weighted by Crippen LogP contribution is 2.11. The third-order valence-electron chi connectivity index (χ3n) is 2.41. The van der Waals surface area contributed by atoms with Crippen LogP contribution in [0.2, 0.25) is 0 Å². The van der Waals surface area contributed by atoms with E-state index in [0.717, 1.165) is 11.9 Å². The van der Waals surface area contributed by atoms with Crippen molar-refractivity contribution in [3.8, 4) is 0 Å². The van der Waals surface area contributed by atoms with Gasteiger partial charge in [-0.3, -0.25) is 0 Å². The first kappa shape index (κ1) is 9.97. The zero-order chi connectivity index (χ0) is 10.5. The van der Waals surface area contributed by atoms with Gasteiger partial charge in [0, 0.05) is 17.8 Å². The number of benzene rings is 1. The average molecular weight is 200 g/mol. The van der Waals surface area contributed by atoms with Gasteiger partial charge in [0.05, 0.1) is 5.52 Å². The molecule has 78 valence electrons. The largest absolute Gasteiger partial charge is 0.247 e. The number of allylic oxidation sites excluding steroid dienone is 1. The summed E-state index contributed by atoms with van der Waals surface area (Å²) in [5, 5.41) is 5.63. The molecule has 0 aliphatic rings. The second-order valence-corrected chi connectivity index (χ2v) is 3.69. The molecule has 0 spiro atoms. The third kappa shape index (κ3) is 2.46. The monoisotopic (exact) mass is 200 g/mol. The van der Waals surface area contributed by atoms with Gasteiger partial charge in [-0.15, -0.1) is 0 Å². The molecule has 0 unspecified atom stereocenters. The topological polar surface area (TPSA) is 17.8 Å². The lowest BCUT2D eigenvalue weighted by Gasteiger charge is -1.90. The van der Waals surface area contributed by atoms with E-state index in [-0.39, 0.29) is 0 Å². The summed E-state index contributed by atoms with van der Waals surface area (Å²) in [5.74, 6) is 0. The van der Waals surface area contributed by atoms with Crippen molar-refractivity contribution in [1.82, 2.24) is 9.78 Å². The highest BCUT2D eigenvalue weighted by atomic mass is 15.3. The van der Waals surface area contributed by atoms with E-state index < -0.39 is 0 Å². The molecule has 0 amide bonds. The molecule has 0 saturated carbocycles. The van der Waals surface area contributed by atoms with Crippen LogP contribution in [0.3, 0.4) is 0 Å². The van der Waals surface area contributed by atoms with Gasteiger partial charge in [0.1, 0.15) is 0 Å². The highest BCUT2D eigenvalue weighted by Gasteiger charge is 1.95. The van der Waals surface area contributed by atoms with E-state index in [2.05, 4.69) is 30.4 Å². The van der Waals surface area contributed by atoms with Gasteiger partial charge in [-0.05, 0) is 12.5 Å². The summed E-state index contributed by atoms with van der Waals surface area (Å²) in [5.41, 5.74) is 1.05. The minimum Gasteiger partial charge on any atom is -0.247 e. The van der Waals surface area contributed by atoms with E-state index in [1.807, 2.05) is 29.1 Å². The van der Waals surface area contributed by atoms with Crippen molar-refractivity contribution in [2.24, 2.45) is 0 Å². The van der Waals surface area contributed by atoms with Crippen molar-refractivity contribution in [2.75, 3.05) is 0 Å². The zero-order valence-corrected chi connectivity index (χ0v) is 9.06. The van der Waals surface area contributed by atoms with Crippen LogP contribution in [0.15, 0.2) is 36.5 Å². The first-order valence-corrected chi connectivity index (χ1v) is 5.50. The Morgan fingerprint density at radius 1 is 1.33 bits per heavy atom. The fraction of sp³-hybridized carbons (Fsp3) is 0.308. The standard InChI is InChI=1S/C13H16N2/c1-2-3-4-7-10-15-11-12-8-5-6-9-13(12)14-15/h5-11H,2-4H2,1H3/b10-7+. The van der Waals surface area contributed by atoms with E-state index in [1.54, 1.807) is 0 Å².